The Morgan fingerprint density at radius 3 is 2.92 bits per heavy atom. The first-order valence-electron chi connectivity index (χ1n) is 5.02. The minimum Gasteiger partial charge on any atom is -0.126 e. The fraction of sp³-hybridized carbons (Fsp3) is 0.500. The van der Waals surface area contributed by atoms with Gasteiger partial charge in [0.25, 0.3) is 0 Å². The molecule has 0 aliphatic carbocycles. The molecule has 71 valence electrons. The predicted octanol–water partition coefficient (Wildman–Crippen LogP) is 4.16. The van der Waals surface area contributed by atoms with Gasteiger partial charge in [-0.15, -0.1) is 11.8 Å². The highest BCUT2D eigenvalue weighted by Crippen LogP contribution is 2.18. The van der Waals surface area contributed by atoms with E-state index in [1.165, 1.54) is 36.3 Å². The number of unbranched alkanes of at least 4 members (excludes halogenated alkanes) is 3. The zero-order chi connectivity index (χ0) is 9.36. The summed E-state index contributed by atoms with van der Waals surface area (Å²) < 4.78 is 0. The van der Waals surface area contributed by atoms with Crippen molar-refractivity contribution >= 4 is 11.8 Å². The zero-order valence-corrected chi connectivity index (χ0v) is 9.07. The molecule has 0 saturated carbocycles. The summed E-state index contributed by atoms with van der Waals surface area (Å²) in [4.78, 5) is 1.35. The molecule has 0 aliphatic heterocycles. The van der Waals surface area contributed by atoms with Gasteiger partial charge in [0.05, 0.1) is 0 Å². The van der Waals surface area contributed by atoms with Crippen LogP contribution < -0.4 is 0 Å². The van der Waals surface area contributed by atoms with Crippen LogP contribution >= 0.6 is 11.8 Å². The summed E-state index contributed by atoms with van der Waals surface area (Å²) in [6.45, 7) is 2.25. The van der Waals surface area contributed by atoms with Crippen LogP contribution in [0.15, 0.2) is 29.2 Å². The van der Waals surface area contributed by atoms with Crippen LogP contribution in [0.5, 0.6) is 0 Å². The van der Waals surface area contributed by atoms with Gasteiger partial charge in [-0.2, -0.15) is 0 Å². The lowest BCUT2D eigenvalue weighted by Crippen LogP contribution is -1.80. The van der Waals surface area contributed by atoms with Gasteiger partial charge in [0.1, 0.15) is 0 Å². The second-order valence-electron chi connectivity index (χ2n) is 3.15. The standard InChI is InChI=1S/C12H17S/c1-2-3-4-8-11-13-12-9-6-5-7-10-12/h5-6,9-10H,2-4,8,11H2,1H3. The summed E-state index contributed by atoms with van der Waals surface area (Å²) in [5.74, 6) is 1.25. The topological polar surface area (TPSA) is 0 Å². The molecular formula is C12H17S. The average Bonchev–Trinajstić information content (AvgIpc) is 2.19. The first kappa shape index (κ1) is 10.6. The van der Waals surface area contributed by atoms with Gasteiger partial charge in [0.2, 0.25) is 0 Å². The Kier molecular flexibility index (Phi) is 5.75. The summed E-state index contributed by atoms with van der Waals surface area (Å²) in [6.07, 6.45) is 5.42. The molecule has 0 fully saturated rings. The Labute approximate surface area is 85.7 Å². The van der Waals surface area contributed by atoms with E-state index in [1.54, 1.807) is 0 Å². The third kappa shape index (κ3) is 4.99. The fourth-order valence-electron chi connectivity index (χ4n) is 1.19. The highest BCUT2D eigenvalue weighted by molar-refractivity contribution is 7.99. The van der Waals surface area contributed by atoms with E-state index >= 15 is 0 Å². The Morgan fingerprint density at radius 1 is 1.31 bits per heavy atom. The van der Waals surface area contributed by atoms with E-state index in [0.717, 1.165) is 0 Å². The summed E-state index contributed by atoms with van der Waals surface area (Å²) in [7, 11) is 0. The lowest BCUT2D eigenvalue weighted by molar-refractivity contribution is 0.706. The normalized spacial score (nSPS) is 10.2. The van der Waals surface area contributed by atoms with E-state index in [1.807, 2.05) is 23.9 Å². The molecule has 1 rings (SSSR count). The van der Waals surface area contributed by atoms with Crippen molar-refractivity contribution in [2.24, 2.45) is 0 Å². The van der Waals surface area contributed by atoms with Crippen molar-refractivity contribution in [2.45, 2.75) is 37.5 Å². The molecule has 0 saturated heterocycles. The van der Waals surface area contributed by atoms with E-state index in [2.05, 4.69) is 25.1 Å². The molecule has 0 N–H and O–H groups in total. The van der Waals surface area contributed by atoms with Crippen LogP contribution in [0.3, 0.4) is 0 Å². The van der Waals surface area contributed by atoms with Gasteiger partial charge in [-0.3, -0.25) is 0 Å². The molecule has 1 heteroatoms. The van der Waals surface area contributed by atoms with Crippen molar-refractivity contribution in [3.8, 4) is 0 Å². The zero-order valence-electron chi connectivity index (χ0n) is 8.25. The van der Waals surface area contributed by atoms with Crippen molar-refractivity contribution in [2.75, 3.05) is 5.75 Å². The van der Waals surface area contributed by atoms with Gasteiger partial charge in [-0.1, -0.05) is 38.3 Å². The highest BCUT2D eigenvalue weighted by atomic mass is 32.2. The molecule has 13 heavy (non-hydrogen) atoms. The number of hydrogen-bond donors (Lipinski definition) is 0. The van der Waals surface area contributed by atoms with Crippen LogP contribution in [-0.2, 0) is 0 Å². The van der Waals surface area contributed by atoms with E-state index < -0.39 is 0 Å². The second kappa shape index (κ2) is 7.02. The van der Waals surface area contributed by atoms with Crippen LogP contribution in [0.1, 0.15) is 32.6 Å². The number of benzene rings is 1. The molecule has 0 atom stereocenters. The summed E-state index contributed by atoms with van der Waals surface area (Å²) in [5.41, 5.74) is 0. The maximum Gasteiger partial charge on any atom is 0.00781 e. The first-order chi connectivity index (χ1) is 6.43. The van der Waals surface area contributed by atoms with Crippen LogP contribution in [-0.4, -0.2) is 5.75 Å². The quantitative estimate of drug-likeness (QED) is 0.483. The third-order valence-electron chi connectivity index (χ3n) is 1.95. The van der Waals surface area contributed by atoms with Gasteiger partial charge in [0.15, 0.2) is 0 Å². The Balaban J connectivity index is 2.07. The Hall–Kier alpha value is -0.430. The SMILES string of the molecule is CCCCCCSc1c[c]ccc1. The van der Waals surface area contributed by atoms with Crippen LogP contribution in [0.25, 0.3) is 0 Å². The number of rotatable bonds is 6. The van der Waals surface area contributed by atoms with Crippen LogP contribution in [0.2, 0.25) is 0 Å². The van der Waals surface area contributed by atoms with E-state index in [0.29, 0.717) is 0 Å². The molecule has 1 aromatic carbocycles. The van der Waals surface area contributed by atoms with Crippen molar-refractivity contribution in [3.63, 3.8) is 0 Å². The number of thioether (sulfide) groups is 1. The van der Waals surface area contributed by atoms with Gasteiger partial charge in [0, 0.05) is 4.90 Å². The molecule has 0 heterocycles. The predicted molar refractivity (Wildman–Crippen MR) is 60.1 cm³/mol. The molecule has 0 bridgehead atoms. The largest absolute Gasteiger partial charge is 0.126 e. The maximum atomic E-state index is 3.09. The summed E-state index contributed by atoms with van der Waals surface area (Å²) in [6, 6.07) is 11.3. The monoisotopic (exact) mass is 193 g/mol. The van der Waals surface area contributed by atoms with E-state index in [4.69, 9.17) is 0 Å². The van der Waals surface area contributed by atoms with Gasteiger partial charge in [-0.25, -0.2) is 0 Å². The molecule has 1 radical (unpaired) electrons. The van der Waals surface area contributed by atoms with Gasteiger partial charge < -0.3 is 0 Å². The third-order valence-corrected chi connectivity index (χ3v) is 3.03. The molecule has 1 aromatic rings. The highest BCUT2D eigenvalue weighted by Gasteiger charge is 1.92. The molecule has 0 spiro atoms. The van der Waals surface area contributed by atoms with Crippen molar-refractivity contribution in [3.05, 3.63) is 30.3 Å². The molecular weight excluding hydrogens is 176 g/mol. The van der Waals surface area contributed by atoms with Gasteiger partial charge >= 0.3 is 0 Å². The average molecular weight is 193 g/mol. The molecule has 0 aliphatic rings. The molecule has 0 unspecified atom stereocenters. The summed E-state index contributed by atoms with van der Waals surface area (Å²) in [5, 5.41) is 0. The lowest BCUT2D eigenvalue weighted by atomic mass is 10.2. The van der Waals surface area contributed by atoms with E-state index in [9.17, 15) is 0 Å². The fourth-order valence-corrected chi connectivity index (χ4v) is 2.10. The van der Waals surface area contributed by atoms with E-state index in [-0.39, 0.29) is 0 Å². The minimum absolute atomic E-state index is 1.25. The lowest BCUT2D eigenvalue weighted by Gasteiger charge is -2.00. The molecule has 0 aromatic heterocycles. The van der Waals surface area contributed by atoms with Crippen LogP contribution in [0, 0.1) is 6.07 Å². The first-order valence-corrected chi connectivity index (χ1v) is 6.01. The second-order valence-corrected chi connectivity index (χ2v) is 4.32. The minimum atomic E-state index is 1.25. The van der Waals surface area contributed by atoms with Gasteiger partial charge in [-0.05, 0) is 30.4 Å². The van der Waals surface area contributed by atoms with Crippen molar-refractivity contribution in [1.82, 2.24) is 0 Å². The summed E-state index contributed by atoms with van der Waals surface area (Å²) >= 11 is 1.94. The van der Waals surface area contributed by atoms with Crippen LogP contribution in [0.4, 0.5) is 0 Å². The smallest absolute Gasteiger partial charge is 0.00781 e. The Morgan fingerprint density at radius 2 is 2.23 bits per heavy atom. The Bertz CT molecular complexity index is 206. The molecule has 0 amide bonds. The number of hydrogen-bond acceptors (Lipinski definition) is 1. The van der Waals surface area contributed by atoms with Crippen molar-refractivity contribution in [1.29, 1.82) is 0 Å². The van der Waals surface area contributed by atoms with Crippen molar-refractivity contribution < 1.29 is 0 Å². The molecule has 0 nitrogen and oxygen atoms in total. The maximum absolute atomic E-state index is 3.09.